The molecule has 0 aromatic heterocycles. The van der Waals surface area contributed by atoms with Crippen LogP contribution in [-0.2, 0) is 4.79 Å². The fourth-order valence-corrected chi connectivity index (χ4v) is 3.02. The Kier molecular flexibility index (Phi) is 3.61. The lowest BCUT2D eigenvalue weighted by Crippen LogP contribution is -2.21. The number of carbonyl (C=O) groups excluding carboxylic acids is 1. The van der Waals surface area contributed by atoms with Gasteiger partial charge in [0.1, 0.15) is 0 Å². The molecule has 24 heavy (non-hydrogen) atoms. The van der Waals surface area contributed by atoms with Crippen LogP contribution in [0.25, 0.3) is 6.08 Å². The standard InChI is InChI=1S/C18H13BrN2O3/c1-11-15(7-12-5-6-16-17(8-12)24-10-23-16)18(22)21(20-11)14-4-2-3-13(19)9-14/h2-9H,10H2,1H3/b15-7-. The number of hydrogen-bond donors (Lipinski definition) is 0. The molecule has 0 aliphatic carbocycles. The third kappa shape index (κ3) is 2.59. The molecule has 0 fully saturated rings. The average Bonchev–Trinajstić information content (AvgIpc) is 3.14. The smallest absolute Gasteiger partial charge is 0.280 e. The molecular weight excluding hydrogens is 372 g/mol. The van der Waals surface area contributed by atoms with Crippen LogP contribution in [0.15, 0.2) is 57.6 Å². The molecule has 1 amide bonds. The summed E-state index contributed by atoms with van der Waals surface area (Å²) in [5.41, 5.74) is 2.84. The van der Waals surface area contributed by atoms with Gasteiger partial charge in [-0.05, 0) is 48.9 Å². The van der Waals surface area contributed by atoms with E-state index in [4.69, 9.17) is 9.47 Å². The van der Waals surface area contributed by atoms with Gasteiger partial charge in [-0.1, -0.05) is 28.1 Å². The van der Waals surface area contributed by atoms with Gasteiger partial charge in [-0.3, -0.25) is 4.79 Å². The van der Waals surface area contributed by atoms with Crippen LogP contribution in [-0.4, -0.2) is 18.4 Å². The van der Waals surface area contributed by atoms with E-state index in [1.54, 1.807) is 0 Å². The Labute approximate surface area is 147 Å². The maximum Gasteiger partial charge on any atom is 0.280 e. The fourth-order valence-electron chi connectivity index (χ4n) is 2.64. The molecule has 0 saturated carbocycles. The molecule has 5 nitrogen and oxygen atoms in total. The van der Waals surface area contributed by atoms with E-state index in [1.165, 1.54) is 5.01 Å². The lowest BCUT2D eigenvalue weighted by atomic mass is 10.1. The van der Waals surface area contributed by atoms with Crippen LogP contribution in [0.4, 0.5) is 5.69 Å². The van der Waals surface area contributed by atoms with Crippen LogP contribution in [0, 0.1) is 0 Å². The molecule has 2 aliphatic heterocycles. The lowest BCUT2D eigenvalue weighted by molar-refractivity contribution is -0.114. The number of ether oxygens (including phenoxy) is 2. The predicted octanol–water partition coefficient (Wildman–Crippen LogP) is 3.98. The van der Waals surface area contributed by atoms with Gasteiger partial charge in [0.05, 0.1) is 17.0 Å². The molecule has 0 unspecified atom stereocenters. The number of halogens is 1. The van der Waals surface area contributed by atoms with E-state index in [0.29, 0.717) is 17.0 Å². The summed E-state index contributed by atoms with van der Waals surface area (Å²) >= 11 is 3.41. The van der Waals surface area contributed by atoms with E-state index in [9.17, 15) is 4.79 Å². The zero-order chi connectivity index (χ0) is 16.7. The molecule has 2 aliphatic rings. The molecular formula is C18H13BrN2O3. The first-order valence-corrected chi connectivity index (χ1v) is 8.18. The minimum Gasteiger partial charge on any atom is -0.454 e. The molecule has 2 aromatic carbocycles. The van der Waals surface area contributed by atoms with Gasteiger partial charge < -0.3 is 9.47 Å². The normalized spacial score (nSPS) is 17.6. The van der Waals surface area contributed by atoms with E-state index in [2.05, 4.69) is 21.0 Å². The number of fused-ring (bicyclic) bond motifs is 1. The maximum atomic E-state index is 12.7. The van der Waals surface area contributed by atoms with Crippen LogP contribution in [0.2, 0.25) is 0 Å². The van der Waals surface area contributed by atoms with Crippen molar-refractivity contribution in [1.82, 2.24) is 0 Å². The van der Waals surface area contributed by atoms with Crippen LogP contribution >= 0.6 is 15.9 Å². The maximum absolute atomic E-state index is 12.7. The van der Waals surface area contributed by atoms with Crippen molar-refractivity contribution in [2.45, 2.75) is 6.92 Å². The molecule has 120 valence electrons. The summed E-state index contributed by atoms with van der Waals surface area (Å²) in [7, 11) is 0. The Morgan fingerprint density at radius 1 is 1.17 bits per heavy atom. The second-order valence-electron chi connectivity index (χ2n) is 5.45. The van der Waals surface area contributed by atoms with Crippen LogP contribution in [0.1, 0.15) is 12.5 Å². The van der Waals surface area contributed by atoms with Crippen molar-refractivity contribution in [2.75, 3.05) is 11.8 Å². The zero-order valence-electron chi connectivity index (χ0n) is 12.8. The molecule has 0 N–H and O–H groups in total. The van der Waals surface area contributed by atoms with E-state index in [0.717, 1.165) is 21.5 Å². The molecule has 2 heterocycles. The number of hydrogen-bond acceptors (Lipinski definition) is 4. The molecule has 0 saturated heterocycles. The van der Waals surface area contributed by atoms with Crippen molar-refractivity contribution in [3.63, 3.8) is 0 Å². The van der Waals surface area contributed by atoms with E-state index in [1.807, 2.05) is 55.5 Å². The molecule has 0 spiro atoms. The highest BCUT2D eigenvalue weighted by molar-refractivity contribution is 9.10. The molecule has 4 rings (SSSR count). The van der Waals surface area contributed by atoms with Crippen molar-refractivity contribution in [3.05, 3.63) is 58.1 Å². The summed E-state index contributed by atoms with van der Waals surface area (Å²) in [5, 5.41) is 5.80. The first kappa shape index (κ1) is 15.0. The molecule has 0 radical (unpaired) electrons. The first-order valence-electron chi connectivity index (χ1n) is 7.39. The molecule has 6 heteroatoms. The summed E-state index contributed by atoms with van der Waals surface area (Å²) in [6.07, 6.45) is 1.82. The zero-order valence-corrected chi connectivity index (χ0v) is 14.4. The van der Waals surface area contributed by atoms with E-state index < -0.39 is 0 Å². The molecule has 2 aromatic rings. The number of hydrazone groups is 1. The van der Waals surface area contributed by atoms with Crippen molar-refractivity contribution in [2.24, 2.45) is 5.10 Å². The second kappa shape index (κ2) is 5.79. The average molecular weight is 385 g/mol. The Hall–Kier alpha value is -2.60. The number of benzene rings is 2. The Morgan fingerprint density at radius 2 is 2.00 bits per heavy atom. The number of anilines is 1. The summed E-state index contributed by atoms with van der Waals surface area (Å²) in [6, 6.07) is 13.1. The Balaban J connectivity index is 1.67. The van der Waals surface area contributed by atoms with E-state index >= 15 is 0 Å². The summed E-state index contributed by atoms with van der Waals surface area (Å²) in [5.74, 6) is 1.26. The van der Waals surface area contributed by atoms with Gasteiger partial charge in [0.2, 0.25) is 6.79 Å². The van der Waals surface area contributed by atoms with Gasteiger partial charge in [-0.15, -0.1) is 0 Å². The van der Waals surface area contributed by atoms with E-state index in [-0.39, 0.29) is 12.7 Å². The fraction of sp³-hybridized carbons (Fsp3) is 0.111. The summed E-state index contributed by atoms with van der Waals surface area (Å²) in [6.45, 7) is 2.06. The number of nitrogens with zero attached hydrogens (tertiary/aromatic N) is 2. The Bertz CT molecular complexity index is 905. The van der Waals surface area contributed by atoms with Crippen LogP contribution < -0.4 is 14.5 Å². The predicted molar refractivity (Wildman–Crippen MR) is 95.3 cm³/mol. The highest BCUT2D eigenvalue weighted by Gasteiger charge is 2.29. The number of rotatable bonds is 2. The summed E-state index contributed by atoms with van der Waals surface area (Å²) in [4.78, 5) is 12.7. The van der Waals surface area contributed by atoms with Crippen LogP contribution in [0.5, 0.6) is 11.5 Å². The van der Waals surface area contributed by atoms with Gasteiger partial charge in [0.15, 0.2) is 11.5 Å². The summed E-state index contributed by atoms with van der Waals surface area (Å²) < 4.78 is 11.6. The number of amides is 1. The number of carbonyl (C=O) groups is 1. The topological polar surface area (TPSA) is 51.1 Å². The monoisotopic (exact) mass is 384 g/mol. The SMILES string of the molecule is CC1=NN(c2cccc(Br)c2)C(=O)/C1=C\c1ccc2c(c1)OCO2. The largest absolute Gasteiger partial charge is 0.454 e. The highest BCUT2D eigenvalue weighted by atomic mass is 79.9. The van der Waals surface area contributed by atoms with Gasteiger partial charge in [0, 0.05) is 4.47 Å². The lowest BCUT2D eigenvalue weighted by Gasteiger charge is -2.11. The minimum atomic E-state index is -0.150. The quantitative estimate of drug-likeness (QED) is 0.735. The third-order valence-electron chi connectivity index (χ3n) is 3.82. The van der Waals surface area contributed by atoms with Gasteiger partial charge >= 0.3 is 0 Å². The van der Waals surface area contributed by atoms with Gasteiger partial charge in [0.25, 0.3) is 5.91 Å². The van der Waals surface area contributed by atoms with Crippen molar-refractivity contribution in [3.8, 4) is 11.5 Å². The van der Waals surface area contributed by atoms with Crippen molar-refractivity contribution < 1.29 is 14.3 Å². The Morgan fingerprint density at radius 3 is 2.83 bits per heavy atom. The van der Waals surface area contributed by atoms with Crippen LogP contribution in [0.3, 0.4) is 0 Å². The molecule has 0 bridgehead atoms. The van der Waals surface area contributed by atoms with Crippen molar-refractivity contribution >= 4 is 39.3 Å². The third-order valence-corrected chi connectivity index (χ3v) is 4.32. The molecule has 0 atom stereocenters. The first-order chi connectivity index (χ1) is 11.6. The van der Waals surface area contributed by atoms with Gasteiger partial charge in [-0.25, -0.2) is 0 Å². The van der Waals surface area contributed by atoms with Gasteiger partial charge in [-0.2, -0.15) is 10.1 Å². The minimum absolute atomic E-state index is 0.150. The highest BCUT2D eigenvalue weighted by Crippen LogP contribution is 2.34. The van der Waals surface area contributed by atoms with Crippen molar-refractivity contribution in [1.29, 1.82) is 0 Å². The second-order valence-corrected chi connectivity index (χ2v) is 6.37.